The molecule has 0 aliphatic carbocycles. The number of hydrogen-bond acceptors (Lipinski definition) is 2. The maximum Gasteiger partial charge on any atom is 0.308 e. The minimum atomic E-state index is -0.816. The average molecular weight is 261 g/mol. The van der Waals surface area contributed by atoms with Crippen molar-refractivity contribution in [3.05, 3.63) is 34.9 Å². The maximum atomic E-state index is 12.4. The Bertz CT molecular complexity index is 504. The summed E-state index contributed by atoms with van der Waals surface area (Å²) in [7, 11) is 0. The predicted molar refractivity (Wildman–Crippen MR) is 72.1 cm³/mol. The van der Waals surface area contributed by atoms with E-state index in [1.807, 2.05) is 39.0 Å². The molecule has 2 rings (SSSR count). The van der Waals surface area contributed by atoms with Crippen LogP contribution in [-0.4, -0.2) is 35.0 Å². The van der Waals surface area contributed by atoms with Gasteiger partial charge in [-0.05, 0) is 31.9 Å². The van der Waals surface area contributed by atoms with Crippen LogP contribution in [0.15, 0.2) is 18.2 Å². The first kappa shape index (κ1) is 13.6. The Morgan fingerprint density at radius 1 is 1.16 bits per heavy atom. The number of benzene rings is 1. The molecule has 4 heteroatoms. The van der Waals surface area contributed by atoms with Crippen LogP contribution in [0.5, 0.6) is 0 Å². The van der Waals surface area contributed by atoms with Gasteiger partial charge in [0, 0.05) is 18.7 Å². The standard InChI is InChI=1S/C15H19NO3/c1-9-4-10(2)6-12(5-9)14(17)16-7-11(3)13(8-16)15(18)19/h4-6,11,13H,7-8H2,1-3H3,(H,18,19). The fourth-order valence-electron chi connectivity index (χ4n) is 2.73. The molecule has 102 valence electrons. The number of carbonyl (C=O) groups excluding carboxylic acids is 1. The number of likely N-dealkylation sites (tertiary alicyclic amines) is 1. The van der Waals surface area contributed by atoms with Gasteiger partial charge < -0.3 is 10.0 Å². The summed E-state index contributed by atoms with van der Waals surface area (Å²) in [6, 6.07) is 5.73. The number of aliphatic carboxylic acids is 1. The number of amides is 1. The lowest BCUT2D eigenvalue weighted by atomic mass is 9.99. The van der Waals surface area contributed by atoms with Crippen molar-refractivity contribution in [2.75, 3.05) is 13.1 Å². The summed E-state index contributed by atoms with van der Waals surface area (Å²) in [5, 5.41) is 9.10. The molecule has 0 aromatic heterocycles. The minimum absolute atomic E-state index is 0.00681. The zero-order valence-corrected chi connectivity index (χ0v) is 11.5. The number of rotatable bonds is 2. The summed E-state index contributed by atoms with van der Waals surface area (Å²) in [5.74, 6) is -1.33. The highest BCUT2D eigenvalue weighted by Crippen LogP contribution is 2.25. The second kappa shape index (κ2) is 5.03. The van der Waals surface area contributed by atoms with E-state index in [-0.39, 0.29) is 11.8 Å². The van der Waals surface area contributed by atoms with Crippen LogP contribution in [0, 0.1) is 25.7 Å². The zero-order chi connectivity index (χ0) is 14.2. The highest BCUT2D eigenvalue weighted by molar-refractivity contribution is 5.95. The van der Waals surface area contributed by atoms with E-state index in [2.05, 4.69) is 0 Å². The lowest BCUT2D eigenvalue weighted by Gasteiger charge is -2.16. The SMILES string of the molecule is Cc1cc(C)cc(C(=O)N2CC(C)C(C(=O)O)C2)c1. The lowest BCUT2D eigenvalue weighted by Crippen LogP contribution is -2.30. The molecule has 1 fully saturated rings. The Labute approximate surface area is 113 Å². The van der Waals surface area contributed by atoms with Crippen molar-refractivity contribution < 1.29 is 14.7 Å². The van der Waals surface area contributed by atoms with Gasteiger partial charge in [-0.3, -0.25) is 9.59 Å². The average Bonchev–Trinajstić information content (AvgIpc) is 2.69. The van der Waals surface area contributed by atoms with Crippen LogP contribution in [0.4, 0.5) is 0 Å². The number of aryl methyl sites for hydroxylation is 2. The van der Waals surface area contributed by atoms with E-state index in [4.69, 9.17) is 5.11 Å². The molecule has 0 spiro atoms. The molecule has 1 aliphatic rings. The van der Waals surface area contributed by atoms with Gasteiger partial charge in [-0.2, -0.15) is 0 Å². The van der Waals surface area contributed by atoms with Crippen molar-refractivity contribution in [1.29, 1.82) is 0 Å². The van der Waals surface area contributed by atoms with Crippen LogP contribution in [0.3, 0.4) is 0 Å². The summed E-state index contributed by atoms with van der Waals surface area (Å²) in [4.78, 5) is 25.1. The number of hydrogen-bond donors (Lipinski definition) is 1. The number of carboxylic acids is 1. The lowest BCUT2D eigenvalue weighted by molar-refractivity contribution is -0.142. The van der Waals surface area contributed by atoms with Gasteiger partial charge in [0.05, 0.1) is 5.92 Å². The van der Waals surface area contributed by atoms with Crippen LogP contribution in [-0.2, 0) is 4.79 Å². The van der Waals surface area contributed by atoms with Crippen molar-refractivity contribution in [2.45, 2.75) is 20.8 Å². The van der Waals surface area contributed by atoms with Gasteiger partial charge >= 0.3 is 5.97 Å². The molecule has 1 heterocycles. The fourth-order valence-corrected chi connectivity index (χ4v) is 2.73. The normalized spacial score (nSPS) is 22.6. The van der Waals surface area contributed by atoms with Crippen molar-refractivity contribution in [3.8, 4) is 0 Å². The number of carboxylic acid groups (broad SMARTS) is 1. The van der Waals surface area contributed by atoms with Crippen LogP contribution in [0.2, 0.25) is 0 Å². The maximum absolute atomic E-state index is 12.4. The van der Waals surface area contributed by atoms with Gasteiger partial charge in [0.25, 0.3) is 5.91 Å². The Morgan fingerprint density at radius 3 is 2.21 bits per heavy atom. The minimum Gasteiger partial charge on any atom is -0.481 e. The molecule has 0 radical (unpaired) electrons. The molecule has 1 aliphatic heterocycles. The van der Waals surface area contributed by atoms with E-state index in [1.165, 1.54) is 0 Å². The summed E-state index contributed by atoms with van der Waals surface area (Å²) < 4.78 is 0. The second-order valence-electron chi connectivity index (χ2n) is 5.51. The second-order valence-corrected chi connectivity index (χ2v) is 5.51. The molecule has 1 N–H and O–H groups in total. The van der Waals surface area contributed by atoms with E-state index in [9.17, 15) is 9.59 Å². The molecule has 4 nitrogen and oxygen atoms in total. The summed E-state index contributed by atoms with van der Waals surface area (Å²) >= 11 is 0. The molecule has 0 saturated carbocycles. The molecule has 0 bridgehead atoms. The molecule has 1 aromatic carbocycles. The Hall–Kier alpha value is -1.84. The third kappa shape index (κ3) is 2.78. The summed E-state index contributed by atoms with van der Waals surface area (Å²) in [6.07, 6.45) is 0. The fraction of sp³-hybridized carbons (Fsp3) is 0.467. The first-order chi connectivity index (χ1) is 8.88. The molecule has 1 aromatic rings. The van der Waals surface area contributed by atoms with E-state index in [0.717, 1.165) is 11.1 Å². The van der Waals surface area contributed by atoms with Gasteiger partial charge in [0.1, 0.15) is 0 Å². The van der Waals surface area contributed by atoms with Gasteiger partial charge in [-0.15, -0.1) is 0 Å². The predicted octanol–water partition coefficient (Wildman–Crippen LogP) is 2.10. The van der Waals surface area contributed by atoms with Crippen LogP contribution >= 0.6 is 0 Å². The Morgan fingerprint density at radius 2 is 1.74 bits per heavy atom. The molecule has 2 atom stereocenters. The summed E-state index contributed by atoms with van der Waals surface area (Å²) in [6.45, 7) is 6.62. The van der Waals surface area contributed by atoms with Gasteiger partial charge in [-0.25, -0.2) is 0 Å². The topological polar surface area (TPSA) is 57.6 Å². The molecule has 19 heavy (non-hydrogen) atoms. The summed E-state index contributed by atoms with van der Waals surface area (Å²) in [5.41, 5.74) is 2.74. The van der Waals surface area contributed by atoms with Crippen LogP contribution in [0.1, 0.15) is 28.4 Å². The molecule has 2 unspecified atom stereocenters. The highest BCUT2D eigenvalue weighted by atomic mass is 16.4. The number of nitrogens with zero attached hydrogens (tertiary/aromatic N) is 1. The molecule has 1 saturated heterocycles. The van der Waals surface area contributed by atoms with E-state index >= 15 is 0 Å². The van der Waals surface area contributed by atoms with Crippen molar-refractivity contribution in [2.24, 2.45) is 11.8 Å². The largest absolute Gasteiger partial charge is 0.481 e. The highest BCUT2D eigenvalue weighted by Gasteiger charge is 2.37. The van der Waals surface area contributed by atoms with Crippen molar-refractivity contribution >= 4 is 11.9 Å². The van der Waals surface area contributed by atoms with E-state index < -0.39 is 11.9 Å². The quantitative estimate of drug-likeness (QED) is 0.887. The third-order valence-electron chi connectivity index (χ3n) is 3.69. The molecular formula is C15H19NO3. The van der Waals surface area contributed by atoms with E-state index in [1.54, 1.807) is 4.90 Å². The van der Waals surface area contributed by atoms with Gasteiger partial charge in [-0.1, -0.05) is 24.1 Å². The Kier molecular flexibility index (Phi) is 3.60. The third-order valence-corrected chi connectivity index (χ3v) is 3.69. The zero-order valence-electron chi connectivity index (χ0n) is 11.5. The van der Waals surface area contributed by atoms with Crippen LogP contribution < -0.4 is 0 Å². The molecule has 1 amide bonds. The monoisotopic (exact) mass is 261 g/mol. The van der Waals surface area contributed by atoms with Crippen molar-refractivity contribution in [1.82, 2.24) is 4.90 Å². The Balaban J connectivity index is 2.19. The number of carbonyl (C=O) groups is 2. The van der Waals surface area contributed by atoms with E-state index in [0.29, 0.717) is 18.7 Å². The molecular weight excluding hydrogens is 242 g/mol. The van der Waals surface area contributed by atoms with Gasteiger partial charge in [0.15, 0.2) is 0 Å². The van der Waals surface area contributed by atoms with Crippen molar-refractivity contribution in [3.63, 3.8) is 0 Å². The van der Waals surface area contributed by atoms with Gasteiger partial charge in [0.2, 0.25) is 0 Å². The smallest absolute Gasteiger partial charge is 0.308 e. The van der Waals surface area contributed by atoms with Crippen LogP contribution in [0.25, 0.3) is 0 Å². The first-order valence-electron chi connectivity index (χ1n) is 6.49. The first-order valence-corrected chi connectivity index (χ1v) is 6.49.